The molecule has 0 bridgehead atoms. The number of halogens is 1. The molecular formula is C27H30FN3O5S. The molecule has 0 unspecified atom stereocenters. The number of carbonyl (C=O) groups is 1. The fourth-order valence-electron chi connectivity index (χ4n) is 4.36. The Morgan fingerprint density at radius 1 is 1.19 bits per heavy atom. The van der Waals surface area contributed by atoms with E-state index in [2.05, 4.69) is 4.98 Å². The van der Waals surface area contributed by atoms with Gasteiger partial charge in [0.2, 0.25) is 10.0 Å². The number of benzene rings is 2. The van der Waals surface area contributed by atoms with Gasteiger partial charge in [-0.1, -0.05) is 19.1 Å². The first-order valence-electron chi connectivity index (χ1n) is 12.0. The molecule has 0 fully saturated rings. The van der Waals surface area contributed by atoms with Crippen LogP contribution in [0.4, 0.5) is 4.39 Å². The Kier molecular flexibility index (Phi) is 7.91. The average molecular weight is 528 g/mol. The number of aliphatic hydroxyl groups excluding tert-OH is 1. The number of aliphatic hydroxyl groups is 1. The number of aromatic nitrogens is 1. The minimum absolute atomic E-state index is 0.0124. The van der Waals surface area contributed by atoms with E-state index in [1.807, 2.05) is 19.1 Å². The van der Waals surface area contributed by atoms with Gasteiger partial charge in [0.25, 0.3) is 5.91 Å². The Balaban J connectivity index is 1.74. The molecule has 10 heteroatoms. The standard InChI is InChI=1S/C27H30FN3O5S/c1-18-15-31(19(2)17-32)37(34,35)26-8-7-21(20-9-11-29-12-10-20)14-24(26)36-25(18)16-30(3)27(33)22-5-4-6-23(28)13-22/h4-14,18-19,25,32H,15-17H2,1-3H3/t18-,19-,25-/m1/s1. The minimum Gasteiger partial charge on any atom is -0.487 e. The molecule has 1 aromatic heterocycles. The summed E-state index contributed by atoms with van der Waals surface area (Å²) in [5.41, 5.74) is 1.79. The zero-order chi connectivity index (χ0) is 26.7. The van der Waals surface area contributed by atoms with Crippen LogP contribution in [0, 0.1) is 11.7 Å². The molecule has 0 aliphatic carbocycles. The third kappa shape index (κ3) is 5.66. The van der Waals surface area contributed by atoms with E-state index < -0.39 is 28.0 Å². The molecule has 4 rings (SSSR count). The van der Waals surface area contributed by atoms with Crippen LogP contribution in [0.1, 0.15) is 24.2 Å². The summed E-state index contributed by atoms with van der Waals surface area (Å²) in [6.45, 7) is 3.36. The molecular weight excluding hydrogens is 497 g/mol. The van der Waals surface area contributed by atoms with Crippen molar-refractivity contribution in [1.29, 1.82) is 0 Å². The Labute approximate surface area is 216 Å². The maximum Gasteiger partial charge on any atom is 0.253 e. The largest absolute Gasteiger partial charge is 0.487 e. The Bertz CT molecular complexity index is 1370. The molecule has 8 nitrogen and oxygen atoms in total. The molecule has 2 aromatic carbocycles. The minimum atomic E-state index is -3.99. The lowest BCUT2D eigenvalue weighted by molar-refractivity contribution is 0.0563. The fourth-order valence-corrected chi connectivity index (χ4v) is 6.19. The van der Waals surface area contributed by atoms with Crippen molar-refractivity contribution in [2.24, 2.45) is 5.92 Å². The summed E-state index contributed by atoms with van der Waals surface area (Å²) in [5, 5.41) is 9.81. The number of hydrogen-bond donors (Lipinski definition) is 1. The summed E-state index contributed by atoms with van der Waals surface area (Å²) >= 11 is 0. The number of nitrogens with zero attached hydrogens (tertiary/aromatic N) is 3. The highest BCUT2D eigenvalue weighted by atomic mass is 32.2. The van der Waals surface area contributed by atoms with Gasteiger partial charge in [0.05, 0.1) is 13.2 Å². The molecule has 0 radical (unpaired) electrons. The van der Waals surface area contributed by atoms with E-state index in [4.69, 9.17) is 4.74 Å². The average Bonchev–Trinajstić information content (AvgIpc) is 2.90. The molecule has 1 amide bonds. The number of ether oxygens (including phenoxy) is 1. The van der Waals surface area contributed by atoms with Crippen molar-refractivity contribution in [3.63, 3.8) is 0 Å². The smallest absolute Gasteiger partial charge is 0.253 e. The van der Waals surface area contributed by atoms with Gasteiger partial charge < -0.3 is 14.7 Å². The van der Waals surface area contributed by atoms with E-state index >= 15 is 0 Å². The predicted molar refractivity (Wildman–Crippen MR) is 137 cm³/mol. The quantitative estimate of drug-likeness (QED) is 0.527. The Morgan fingerprint density at radius 3 is 2.59 bits per heavy atom. The van der Waals surface area contributed by atoms with Crippen LogP contribution in [0.25, 0.3) is 11.1 Å². The summed E-state index contributed by atoms with van der Waals surface area (Å²) in [6.07, 6.45) is 2.70. The molecule has 0 saturated carbocycles. The molecule has 0 saturated heterocycles. The first kappa shape index (κ1) is 26.7. The number of hydrogen-bond acceptors (Lipinski definition) is 6. The summed E-state index contributed by atoms with van der Waals surface area (Å²) in [4.78, 5) is 18.5. The lowest BCUT2D eigenvalue weighted by Gasteiger charge is -2.37. The summed E-state index contributed by atoms with van der Waals surface area (Å²) in [7, 11) is -2.39. The number of sulfonamides is 1. The molecule has 1 aliphatic rings. The van der Waals surface area contributed by atoms with E-state index in [1.54, 1.807) is 38.5 Å². The van der Waals surface area contributed by atoms with Crippen LogP contribution in [-0.2, 0) is 10.0 Å². The highest BCUT2D eigenvalue weighted by Gasteiger charge is 2.38. The zero-order valence-corrected chi connectivity index (χ0v) is 21.7. The first-order valence-corrected chi connectivity index (χ1v) is 13.4. The molecule has 196 valence electrons. The van der Waals surface area contributed by atoms with E-state index in [0.717, 1.165) is 11.1 Å². The lowest BCUT2D eigenvalue weighted by atomic mass is 10.0. The Hall–Kier alpha value is -3.34. The fraction of sp³-hybridized carbons (Fsp3) is 0.333. The molecule has 0 spiro atoms. The van der Waals surface area contributed by atoms with Crippen LogP contribution in [0.3, 0.4) is 0 Å². The summed E-state index contributed by atoms with van der Waals surface area (Å²) in [5.74, 6) is -1.07. The van der Waals surface area contributed by atoms with Crippen LogP contribution in [0.2, 0.25) is 0 Å². The molecule has 2 heterocycles. The van der Waals surface area contributed by atoms with Crippen molar-refractivity contribution < 1.29 is 27.4 Å². The van der Waals surface area contributed by atoms with Crippen LogP contribution in [0.5, 0.6) is 5.75 Å². The van der Waals surface area contributed by atoms with Crippen LogP contribution in [-0.4, -0.2) is 72.5 Å². The lowest BCUT2D eigenvalue weighted by Crippen LogP contribution is -2.50. The highest BCUT2D eigenvalue weighted by Crippen LogP contribution is 2.36. The SMILES string of the molecule is C[C@@H]1CN([C@H](C)CO)S(=O)(=O)c2ccc(-c3ccncc3)cc2O[C@@H]1CN(C)C(=O)c1cccc(F)c1. The van der Waals surface area contributed by atoms with Crippen molar-refractivity contribution in [3.8, 4) is 16.9 Å². The molecule has 3 atom stereocenters. The second-order valence-corrected chi connectivity index (χ2v) is 11.2. The zero-order valence-electron chi connectivity index (χ0n) is 20.9. The second kappa shape index (κ2) is 11.0. The second-order valence-electron chi connectivity index (χ2n) is 9.33. The maximum absolute atomic E-state index is 13.7. The topological polar surface area (TPSA) is 100 Å². The van der Waals surface area contributed by atoms with Crippen LogP contribution >= 0.6 is 0 Å². The van der Waals surface area contributed by atoms with Gasteiger partial charge in [-0.05, 0) is 60.5 Å². The van der Waals surface area contributed by atoms with Gasteiger partial charge in [-0.25, -0.2) is 12.8 Å². The van der Waals surface area contributed by atoms with Crippen molar-refractivity contribution >= 4 is 15.9 Å². The van der Waals surface area contributed by atoms with Gasteiger partial charge in [0, 0.05) is 43.5 Å². The van der Waals surface area contributed by atoms with Gasteiger partial charge in [0.15, 0.2) is 0 Å². The number of pyridine rings is 1. The third-order valence-corrected chi connectivity index (χ3v) is 8.57. The highest BCUT2D eigenvalue weighted by molar-refractivity contribution is 7.89. The molecule has 1 aliphatic heterocycles. The van der Waals surface area contributed by atoms with Crippen LogP contribution < -0.4 is 4.74 Å². The summed E-state index contributed by atoms with van der Waals surface area (Å²) in [6, 6.07) is 13.3. The van der Waals surface area contributed by atoms with Crippen LogP contribution in [0.15, 0.2) is 71.9 Å². The summed E-state index contributed by atoms with van der Waals surface area (Å²) < 4.78 is 48.6. The van der Waals surface area contributed by atoms with Gasteiger partial charge in [-0.15, -0.1) is 0 Å². The van der Waals surface area contributed by atoms with E-state index in [9.17, 15) is 22.7 Å². The first-order chi connectivity index (χ1) is 17.6. The van der Waals surface area contributed by atoms with Crippen molar-refractivity contribution in [3.05, 3.63) is 78.4 Å². The van der Waals surface area contributed by atoms with Crippen molar-refractivity contribution in [2.45, 2.75) is 30.9 Å². The third-order valence-electron chi connectivity index (χ3n) is 6.55. The number of fused-ring (bicyclic) bond motifs is 1. The van der Waals surface area contributed by atoms with Crippen molar-refractivity contribution in [1.82, 2.24) is 14.2 Å². The number of rotatable bonds is 6. The molecule has 1 N–H and O–H groups in total. The Morgan fingerprint density at radius 2 is 1.92 bits per heavy atom. The maximum atomic E-state index is 13.7. The van der Waals surface area contributed by atoms with Gasteiger partial charge in [-0.2, -0.15) is 4.31 Å². The van der Waals surface area contributed by atoms with Gasteiger partial charge in [-0.3, -0.25) is 9.78 Å². The molecule has 3 aromatic rings. The van der Waals surface area contributed by atoms with Gasteiger partial charge in [0.1, 0.15) is 22.6 Å². The normalized spacial score (nSPS) is 20.1. The van der Waals surface area contributed by atoms with Crippen molar-refractivity contribution in [2.75, 3.05) is 26.7 Å². The molecule has 37 heavy (non-hydrogen) atoms. The number of amides is 1. The predicted octanol–water partition coefficient (Wildman–Crippen LogP) is 3.43. The van der Waals surface area contributed by atoms with E-state index in [0.29, 0.717) is 0 Å². The number of carbonyl (C=O) groups excluding carboxylic acids is 1. The van der Waals surface area contributed by atoms with E-state index in [-0.39, 0.29) is 47.7 Å². The number of likely N-dealkylation sites (N-methyl/N-ethyl adjacent to an activating group) is 1. The van der Waals surface area contributed by atoms with Gasteiger partial charge >= 0.3 is 0 Å². The monoisotopic (exact) mass is 527 g/mol. The van der Waals surface area contributed by atoms with E-state index in [1.165, 1.54) is 39.5 Å².